The SMILES string of the molecule is CC/C=C\C/C=C\C/C=C\C/C=C\C/C=C\C/C=C\CCCCCCC(=O)NC(COP(=O)(O)OCC[N+](C)(C)C)C(O)/C=C/CC/C=C/CCCCCCCCCC. The summed E-state index contributed by atoms with van der Waals surface area (Å²) in [6, 6.07) is -0.883. The number of carbonyl (C=O) groups excluding carboxylic acids is 1. The van der Waals surface area contributed by atoms with Crippen LogP contribution >= 0.6 is 7.82 Å². The first-order valence-corrected chi connectivity index (χ1v) is 24.6. The van der Waals surface area contributed by atoms with Crippen LogP contribution in [0.3, 0.4) is 0 Å². The van der Waals surface area contributed by atoms with E-state index in [4.69, 9.17) is 9.05 Å². The van der Waals surface area contributed by atoms with E-state index >= 15 is 0 Å². The Labute approximate surface area is 362 Å². The highest BCUT2D eigenvalue weighted by Gasteiger charge is 2.27. The van der Waals surface area contributed by atoms with Gasteiger partial charge in [-0.1, -0.05) is 169 Å². The van der Waals surface area contributed by atoms with Crippen molar-refractivity contribution in [2.75, 3.05) is 40.9 Å². The summed E-state index contributed by atoms with van der Waals surface area (Å²) in [5.74, 6) is -0.217. The van der Waals surface area contributed by atoms with Crippen LogP contribution in [0.1, 0.15) is 162 Å². The number of aliphatic hydroxyl groups is 1. The highest BCUT2D eigenvalue weighted by atomic mass is 31.2. The van der Waals surface area contributed by atoms with Gasteiger partial charge in [0.05, 0.1) is 39.9 Å². The second-order valence-corrected chi connectivity index (χ2v) is 17.8. The number of allylic oxidation sites excluding steroid dienone is 15. The van der Waals surface area contributed by atoms with Gasteiger partial charge in [0.1, 0.15) is 13.2 Å². The molecule has 0 aromatic heterocycles. The van der Waals surface area contributed by atoms with E-state index in [1.807, 2.05) is 27.2 Å². The summed E-state index contributed by atoms with van der Waals surface area (Å²) >= 11 is 0. The summed E-state index contributed by atoms with van der Waals surface area (Å²) in [4.78, 5) is 23.1. The molecule has 0 radical (unpaired) electrons. The Hall–Kier alpha value is -2.58. The fourth-order valence-electron chi connectivity index (χ4n) is 5.88. The Kier molecular flexibility index (Phi) is 39.0. The Morgan fingerprint density at radius 2 is 1.03 bits per heavy atom. The summed E-state index contributed by atoms with van der Waals surface area (Å²) in [7, 11) is 1.52. The van der Waals surface area contributed by atoms with Crippen molar-refractivity contribution in [2.24, 2.45) is 0 Å². The summed E-state index contributed by atoms with van der Waals surface area (Å²) < 4.78 is 23.5. The average Bonchev–Trinajstić information content (AvgIpc) is 3.19. The van der Waals surface area contributed by atoms with Crippen molar-refractivity contribution in [3.63, 3.8) is 0 Å². The van der Waals surface area contributed by atoms with Gasteiger partial charge in [-0.2, -0.15) is 0 Å². The zero-order chi connectivity index (χ0) is 43.6. The summed E-state index contributed by atoms with van der Waals surface area (Å²) in [5, 5.41) is 13.8. The Morgan fingerprint density at radius 1 is 0.593 bits per heavy atom. The molecule has 1 amide bonds. The van der Waals surface area contributed by atoms with Gasteiger partial charge in [-0.25, -0.2) is 4.57 Å². The lowest BCUT2D eigenvalue weighted by Crippen LogP contribution is -2.45. The number of hydrogen-bond donors (Lipinski definition) is 3. The van der Waals surface area contributed by atoms with E-state index in [2.05, 4.69) is 104 Å². The molecule has 338 valence electrons. The van der Waals surface area contributed by atoms with E-state index in [-0.39, 0.29) is 19.1 Å². The predicted octanol–water partition coefficient (Wildman–Crippen LogP) is 13.1. The van der Waals surface area contributed by atoms with Gasteiger partial charge in [-0.05, 0) is 83.5 Å². The van der Waals surface area contributed by atoms with Crippen LogP contribution in [0.2, 0.25) is 0 Å². The first kappa shape index (κ1) is 56.4. The lowest BCUT2D eigenvalue weighted by Gasteiger charge is -2.25. The van der Waals surface area contributed by atoms with E-state index in [9.17, 15) is 19.4 Å². The number of hydrogen-bond acceptors (Lipinski definition) is 5. The molecule has 3 atom stereocenters. The zero-order valence-electron chi connectivity index (χ0n) is 38.2. The standard InChI is InChI=1S/C50H87N2O6P/c1-6-8-10-12-14-16-18-20-22-23-24-25-26-27-28-29-30-32-34-36-38-40-42-44-50(54)51-48(47-58-59(55,56)57-46-45-52(3,4)5)49(53)43-41-39-37-35-33-31-21-19-17-15-13-11-9-7-2/h8,10,14,16,20,22,24-25,27-28,30,32-33,35,41,43,48-49,53H,6-7,9,11-13,15,17-19,21,23,26,29,31,34,36-40,42,44-47H2,1-5H3,(H-,51,54,55,56)/p+1/b10-8-,16-14-,22-20-,25-24-,28-27-,32-30-,35-33+,43-41+. The Bertz CT molecular complexity index is 1280. The molecule has 3 unspecified atom stereocenters. The van der Waals surface area contributed by atoms with Crippen LogP contribution in [0.15, 0.2) is 97.2 Å². The Morgan fingerprint density at radius 3 is 1.56 bits per heavy atom. The minimum absolute atomic E-state index is 0.0451. The van der Waals surface area contributed by atoms with Crippen molar-refractivity contribution < 1.29 is 32.9 Å². The molecule has 0 fully saturated rings. The van der Waals surface area contributed by atoms with E-state index in [0.717, 1.165) is 89.9 Å². The smallest absolute Gasteiger partial charge is 0.387 e. The lowest BCUT2D eigenvalue weighted by atomic mass is 10.1. The molecule has 3 N–H and O–H groups in total. The first-order valence-electron chi connectivity index (χ1n) is 23.1. The first-order chi connectivity index (χ1) is 28.5. The molecule has 0 saturated carbocycles. The molecule has 0 saturated heterocycles. The molecule has 9 heteroatoms. The number of phosphoric ester groups is 1. The van der Waals surface area contributed by atoms with Gasteiger partial charge in [0, 0.05) is 6.42 Å². The highest BCUT2D eigenvalue weighted by Crippen LogP contribution is 2.43. The molecule has 0 heterocycles. The minimum Gasteiger partial charge on any atom is -0.387 e. The van der Waals surface area contributed by atoms with E-state index < -0.39 is 20.0 Å². The van der Waals surface area contributed by atoms with Gasteiger partial charge in [0.2, 0.25) is 5.91 Å². The summed E-state index contributed by atoms with van der Waals surface area (Å²) in [6.45, 7) is 4.62. The van der Waals surface area contributed by atoms with Crippen molar-refractivity contribution in [1.82, 2.24) is 5.32 Å². The van der Waals surface area contributed by atoms with E-state index in [1.165, 1.54) is 51.4 Å². The van der Waals surface area contributed by atoms with Crippen LogP contribution in [-0.2, 0) is 18.4 Å². The maximum Gasteiger partial charge on any atom is 0.472 e. The summed E-state index contributed by atoms with van der Waals surface area (Å²) in [6.07, 6.45) is 57.7. The van der Waals surface area contributed by atoms with Crippen molar-refractivity contribution in [2.45, 2.75) is 174 Å². The summed E-state index contributed by atoms with van der Waals surface area (Å²) in [5.41, 5.74) is 0. The largest absolute Gasteiger partial charge is 0.472 e. The number of likely N-dealkylation sites (N-methyl/N-ethyl adjacent to an activating group) is 1. The van der Waals surface area contributed by atoms with Crippen molar-refractivity contribution in [3.05, 3.63) is 97.2 Å². The van der Waals surface area contributed by atoms with Gasteiger partial charge >= 0.3 is 7.82 Å². The fourth-order valence-corrected chi connectivity index (χ4v) is 6.62. The number of rotatable bonds is 40. The molecule has 0 aromatic carbocycles. The number of nitrogens with zero attached hydrogens (tertiary/aromatic N) is 1. The molecule has 59 heavy (non-hydrogen) atoms. The van der Waals surface area contributed by atoms with Crippen LogP contribution in [0, 0.1) is 0 Å². The molecule has 0 aromatic rings. The number of unbranched alkanes of at least 4 members (excludes halogenated alkanes) is 13. The minimum atomic E-state index is -4.36. The molecule has 0 aliphatic carbocycles. The zero-order valence-corrected chi connectivity index (χ0v) is 39.1. The van der Waals surface area contributed by atoms with Crippen LogP contribution in [0.5, 0.6) is 0 Å². The van der Waals surface area contributed by atoms with Crippen LogP contribution < -0.4 is 5.32 Å². The van der Waals surface area contributed by atoms with E-state index in [1.54, 1.807) is 6.08 Å². The number of quaternary nitrogens is 1. The normalized spacial score (nSPS) is 15.2. The van der Waals surface area contributed by atoms with Gasteiger partial charge in [0.15, 0.2) is 0 Å². The molecule has 0 aliphatic rings. The molecule has 0 spiro atoms. The lowest BCUT2D eigenvalue weighted by molar-refractivity contribution is -0.870. The van der Waals surface area contributed by atoms with Crippen molar-refractivity contribution >= 4 is 13.7 Å². The van der Waals surface area contributed by atoms with Gasteiger partial charge < -0.3 is 19.8 Å². The molecular formula is C50H88N2O6P+. The van der Waals surface area contributed by atoms with Crippen LogP contribution in [-0.4, -0.2) is 73.4 Å². The maximum atomic E-state index is 12.9. The maximum absolute atomic E-state index is 12.9. The quantitative estimate of drug-likeness (QED) is 0.0246. The van der Waals surface area contributed by atoms with Crippen molar-refractivity contribution in [1.29, 1.82) is 0 Å². The van der Waals surface area contributed by atoms with Crippen LogP contribution in [0.4, 0.5) is 0 Å². The van der Waals surface area contributed by atoms with Gasteiger partial charge in [-0.15, -0.1) is 0 Å². The monoisotopic (exact) mass is 844 g/mol. The number of aliphatic hydroxyl groups excluding tert-OH is 1. The highest BCUT2D eigenvalue weighted by molar-refractivity contribution is 7.47. The van der Waals surface area contributed by atoms with E-state index in [0.29, 0.717) is 17.4 Å². The third-order valence-corrected chi connectivity index (χ3v) is 10.5. The molecule has 8 nitrogen and oxygen atoms in total. The number of phosphoric acid groups is 1. The van der Waals surface area contributed by atoms with Gasteiger partial charge in [-0.3, -0.25) is 13.8 Å². The second kappa shape index (κ2) is 40.8. The fraction of sp³-hybridized carbons (Fsp3) is 0.660. The molecule has 0 rings (SSSR count). The van der Waals surface area contributed by atoms with Crippen molar-refractivity contribution in [3.8, 4) is 0 Å². The Balaban J connectivity index is 4.49. The predicted molar refractivity (Wildman–Crippen MR) is 253 cm³/mol. The number of carbonyl (C=O) groups is 1. The number of amides is 1. The number of nitrogens with one attached hydrogen (secondary N) is 1. The van der Waals surface area contributed by atoms with Gasteiger partial charge in [0.25, 0.3) is 0 Å². The second-order valence-electron chi connectivity index (χ2n) is 16.4. The third-order valence-electron chi connectivity index (χ3n) is 9.54. The van der Waals surface area contributed by atoms with Crippen LogP contribution in [0.25, 0.3) is 0 Å². The molecule has 0 aliphatic heterocycles. The third kappa shape index (κ3) is 43.3. The topological polar surface area (TPSA) is 105 Å². The molecule has 0 bridgehead atoms. The average molecular weight is 844 g/mol. The molecular weight excluding hydrogens is 756 g/mol.